The van der Waals surface area contributed by atoms with Gasteiger partial charge in [-0.1, -0.05) is 37.3 Å². The van der Waals surface area contributed by atoms with Crippen molar-refractivity contribution in [1.82, 2.24) is 0 Å². The van der Waals surface area contributed by atoms with Gasteiger partial charge in [-0.25, -0.2) is 0 Å². The molecule has 0 aliphatic carbocycles. The molecule has 1 aliphatic rings. The zero-order chi connectivity index (χ0) is 14.3. The zero-order valence-corrected chi connectivity index (χ0v) is 12.6. The number of ether oxygens (including phenoxy) is 1. The lowest BCUT2D eigenvalue weighted by molar-refractivity contribution is -0.0779. The maximum Gasteiger partial charge on any atom is 0.166 e. The molecule has 2 heteroatoms. The topological polar surface area (TPSA) is 26.3 Å². The summed E-state index contributed by atoms with van der Waals surface area (Å²) in [6.07, 6.45) is 0.930. The summed E-state index contributed by atoms with van der Waals surface area (Å²) in [6.45, 7) is 10.4. The molecule has 2 unspecified atom stereocenters. The molecule has 2 nitrogen and oxygen atoms in total. The van der Waals surface area contributed by atoms with Crippen molar-refractivity contribution in [3.8, 4) is 0 Å². The second-order valence-electron chi connectivity index (χ2n) is 6.79. The maximum atomic E-state index is 12.6. The lowest BCUT2D eigenvalue weighted by Gasteiger charge is -2.30. The monoisotopic (exact) mass is 260 g/mol. The molecule has 0 radical (unpaired) electrons. The SMILES string of the molecule is CC(C(=O)c1ccccc1)C1CC(C)(C)OC1(C)C. The Labute approximate surface area is 116 Å². The molecule has 19 heavy (non-hydrogen) atoms. The summed E-state index contributed by atoms with van der Waals surface area (Å²) < 4.78 is 6.10. The number of benzene rings is 1. The molecule has 2 atom stereocenters. The highest BCUT2D eigenvalue weighted by Gasteiger charge is 2.49. The van der Waals surface area contributed by atoms with Gasteiger partial charge in [-0.05, 0) is 40.0 Å². The number of rotatable bonds is 3. The molecule has 0 amide bonds. The predicted molar refractivity (Wildman–Crippen MR) is 77.3 cm³/mol. The van der Waals surface area contributed by atoms with Crippen LogP contribution >= 0.6 is 0 Å². The van der Waals surface area contributed by atoms with Gasteiger partial charge < -0.3 is 4.74 Å². The van der Waals surface area contributed by atoms with Crippen molar-refractivity contribution in [2.45, 2.75) is 52.2 Å². The van der Waals surface area contributed by atoms with Crippen molar-refractivity contribution < 1.29 is 9.53 Å². The average molecular weight is 260 g/mol. The molecule has 1 saturated heterocycles. The predicted octanol–water partition coefficient (Wildman–Crippen LogP) is 4.10. The van der Waals surface area contributed by atoms with Crippen LogP contribution in [0.2, 0.25) is 0 Å². The number of carbonyl (C=O) groups is 1. The lowest BCUT2D eigenvalue weighted by Crippen LogP contribution is -2.35. The quantitative estimate of drug-likeness (QED) is 0.765. The van der Waals surface area contributed by atoms with Crippen molar-refractivity contribution in [1.29, 1.82) is 0 Å². The Morgan fingerprint density at radius 2 is 1.79 bits per heavy atom. The summed E-state index contributed by atoms with van der Waals surface area (Å²) in [5, 5.41) is 0. The van der Waals surface area contributed by atoms with Gasteiger partial charge in [-0.15, -0.1) is 0 Å². The van der Waals surface area contributed by atoms with Crippen LogP contribution in [0.3, 0.4) is 0 Å². The highest BCUT2D eigenvalue weighted by atomic mass is 16.5. The third kappa shape index (κ3) is 2.89. The molecule has 1 aliphatic heterocycles. The first-order valence-corrected chi connectivity index (χ1v) is 7.02. The minimum Gasteiger partial charge on any atom is -0.369 e. The molecule has 2 rings (SSSR count). The largest absolute Gasteiger partial charge is 0.369 e. The van der Waals surface area contributed by atoms with E-state index in [2.05, 4.69) is 27.7 Å². The van der Waals surface area contributed by atoms with E-state index in [4.69, 9.17) is 4.74 Å². The molecular weight excluding hydrogens is 236 g/mol. The van der Waals surface area contributed by atoms with Gasteiger partial charge in [-0.3, -0.25) is 4.79 Å². The van der Waals surface area contributed by atoms with Gasteiger partial charge >= 0.3 is 0 Å². The van der Waals surface area contributed by atoms with E-state index in [0.717, 1.165) is 12.0 Å². The van der Waals surface area contributed by atoms with Crippen LogP contribution in [0, 0.1) is 11.8 Å². The third-order valence-electron chi connectivity index (χ3n) is 4.22. The van der Waals surface area contributed by atoms with E-state index >= 15 is 0 Å². The first-order chi connectivity index (χ1) is 8.73. The Kier molecular flexibility index (Phi) is 3.57. The van der Waals surface area contributed by atoms with Gasteiger partial charge in [0.15, 0.2) is 5.78 Å². The minimum atomic E-state index is -0.243. The fourth-order valence-electron chi connectivity index (χ4n) is 3.43. The molecule has 1 heterocycles. The summed E-state index contributed by atoms with van der Waals surface area (Å²) in [7, 11) is 0. The van der Waals surface area contributed by atoms with E-state index in [-0.39, 0.29) is 28.8 Å². The molecule has 1 aromatic carbocycles. The van der Waals surface area contributed by atoms with Crippen molar-refractivity contribution in [2.24, 2.45) is 11.8 Å². The Balaban J connectivity index is 2.21. The molecule has 0 spiro atoms. The normalized spacial score (nSPS) is 26.1. The Bertz CT molecular complexity index is 459. The van der Waals surface area contributed by atoms with Crippen LogP contribution in [-0.4, -0.2) is 17.0 Å². The zero-order valence-electron chi connectivity index (χ0n) is 12.6. The number of hydrogen-bond donors (Lipinski definition) is 0. The Morgan fingerprint density at radius 3 is 2.26 bits per heavy atom. The summed E-state index contributed by atoms with van der Waals surface area (Å²) in [5.74, 6) is 0.467. The first-order valence-electron chi connectivity index (χ1n) is 7.02. The summed E-state index contributed by atoms with van der Waals surface area (Å²) in [6, 6.07) is 9.56. The summed E-state index contributed by atoms with van der Waals surface area (Å²) >= 11 is 0. The Morgan fingerprint density at radius 1 is 1.21 bits per heavy atom. The summed E-state index contributed by atoms with van der Waals surface area (Å²) in [4.78, 5) is 12.6. The van der Waals surface area contributed by atoms with Gasteiger partial charge in [0.05, 0.1) is 11.2 Å². The van der Waals surface area contributed by atoms with E-state index in [1.165, 1.54) is 0 Å². The number of ketones is 1. The maximum absolute atomic E-state index is 12.6. The van der Waals surface area contributed by atoms with Crippen molar-refractivity contribution in [3.63, 3.8) is 0 Å². The van der Waals surface area contributed by atoms with Crippen LogP contribution in [0.1, 0.15) is 51.4 Å². The molecule has 1 aromatic rings. The number of Topliss-reactive ketones (excluding diaryl/α,β-unsaturated/α-hetero) is 1. The average Bonchev–Trinajstić information content (AvgIpc) is 2.56. The molecule has 0 N–H and O–H groups in total. The molecule has 1 fully saturated rings. The summed E-state index contributed by atoms with van der Waals surface area (Å²) in [5.41, 5.74) is 0.419. The van der Waals surface area contributed by atoms with E-state index in [1.54, 1.807) is 0 Å². The molecule has 0 aromatic heterocycles. The highest BCUT2D eigenvalue weighted by molar-refractivity contribution is 5.97. The lowest BCUT2D eigenvalue weighted by atomic mass is 9.75. The van der Waals surface area contributed by atoms with Gasteiger partial charge in [0.25, 0.3) is 0 Å². The van der Waals surface area contributed by atoms with E-state index in [1.807, 2.05) is 37.3 Å². The second-order valence-corrected chi connectivity index (χ2v) is 6.79. The second kappa shape index (κ2) is 4.75. The first kappa shape index (κ1) is 14.3. The highest BCUT2D eigenvalue weighted by Crippen LogP contribution is 2.46. The van der Waals surface area contributed by atoms with Crippen LogP contribution in [0.25, 0.3) is 0 Å². The van der Waals surface area contributed by atoms with Crippen LogP contribution in [-0.2, 0) is 4.74 Å². The standard InChI is InChI=1S/C17H24O2/c1-12(15(18)13-9-7-6-8-10-13)14-11-16(2,3)19-17(14,4)5/h6-10,12,14H,11H2,1-5H3. The van der Waals surface area contributed by atoms with Crippen LogP contribution in [0.4, 0.5) is 0 Å². The molecule has 0 bridgehead atoms. The Hall–Kier alpha value is -1.15. The van der Waals surface area contributed by atoms with E-state index in [9.17, 15) is 4.79 Å². The molecular formula is C17H24O2. The van der Waals surface area contributed by atoms with Crippen molar-refractivity contribution in [3.05, 3.63) is 35.9 Å². The fourth-order valence-corrected chi connectivity index (χ4v) is 3.43. The van der Waals surface area contributed by atoms with Gasteiger partial charge in [0.2, 0.25) is 0 Å². The molecule has 104 valence electrons. The van der Waals surface area contributed by atoms with Crippen molar-refractivity contribution >= 4 is 5.78 Å². The molecule has 0 saturated carbocycles. The van der Waals surface area contributed by atoms with Crippen molar-refractivity contribution in [2.75, 3.05) is 0 Å². The van der Waals surface area contributed by atoms with Crippen LogP contribution in [0.15, 0.2) is 30.3 Å². The smallest absolute Gasteiger partial charge is 0.166 e. The number of hydrogen-bond acceptors (Lipinski definition) is 2. The third-order valence-corrected chi connectivity index (χ3v) is 4.22. The van der Waals surface area contributed by atoms with Crippen LogP contribution in [0.5, 0.6) is 0 Å². The van der Waals surface area contributed by atoms with Gasteiger partial charge in [-0.2, -0.15) is 0 Å². The van der Waals surface area contributed by atoms with Crippen LogP contribution < -0.4 is 0 Å². The van der Waals surface area contributed by atoms with E-state index in [0.29, 0.717) is 0 Å². The fraction of sp³-hybridized carbons (Fsp3) is 0.588. The van der Waals surface area contributed by atoms with Gasteiger partial charge in [0.1, 0.15) is 0 Å². The minimum absolute atomic E-state index is 0.0147. The van der Waals surface area contributed by atoms with E-state index < -0.39 is 0 Å². The number of carbonyl (C=O) groups excluding carboxylic acids is 1. The van der Waals surface area contributed by atoms with Gasteiger partial charge in [0, 0.05) is 11.5 Å².